The van der Waals surface area contributed by atoms with Crippen LogP contribution in [0, 0.1) is 0 Å². The maximum atomic E-state index is 14.6. The van der Waals surface area contributed by atoms with Gasteiger partial charge in [0.05, 0.1) is 31.8 Å². The van der Waals surface area contributed by atoms with Crippen LogP contribution in [0.2, 0.25) is 0 Å². The first-order valence-corrected chi connectivity index (χ1v) is 14.8. The Balaban J connectivity index is 1.70. The van der Waals surface area contributed by atoms with Crippen molar-refractivity contribution >= 4 is 43.7 Å². The number of rotatable bonds is 7. The van der Waals surface area contributed by atoms with Crippen LogP contribution in [0.25, 0.3) is 0 Å². The molecule has 2 amide bonds. The number of benzene rings is 3. The molecule has 5 rings (SSSR count). The SMILES string of the molecule is COc1ccc(C2(C(=O)N3CCNC(=O)C3)NC(c3ccc(Br)cc3)C(c3ccc(Br)cc3)N2)c(OC(C)C)c1. The van der Waals surface area contributed by atoms with Gasteiger partial charge in [0.15, 0.2) is 5.66 Å². The largest absolute Gasteiger partial charge is 0.497 e. The number of hydrogen-bond acceptors (Lipinski definition) is 6. The lowest BCUT2D eigenvalue weighted by Gasteiger charge is -2.38. The molecule has 2 heterocycles. The number of halogens is 2. The van der Waals surface area contributed by atoms with Crippen molar-refractivity contribution in [1.29, 1.82) is 0 Å². The van der Waals surface area contributed by atoms with E-state index in [1.807, 2.05) is 74.5 Å². The first-order chi connectivity index (χ1) is 19.2. The standard InChI is InChI=1S/C30H32Br2N4O4/c1-18(2)40-25-16-23(39-3)12-13-24(25)30(29(38)36-15-14-33-26(37)17-36)34-27(19-4-8-21(31)9-5-19)28(35-30)20-6-10-22(32)11-7-20/h4-13,16,18,27-28,34-35H,14-15,17H2,1-3H3,(H,33,37). The van der Waals surface area contributed by atoms with Gasteiger partial charge >= 0.3 is 0 Å². The first kappa shape index (κ1) is 28.6. The quantitative estimate of drug-likeness (QED) is 0.335. The fraction of sp³-hybridized carbons (Fsp3) is 0.333. The Labute approximate surface area is 251 Å². The minimum atomic E-state index is -1.40. The predicted octanol–water partition coefficient (Wildman–Crippen LogP) is 4.79. The van der Waals surface area contributed by atoms with E-state index in [0.29, 0.717) is 30.2 Å². The molecule has 2 fully saturated rings. The van der Waals surface area contributed by atoms with Gasteiger partial charge in [0, 0.05) is 33.7 Å². The molecule has 3 N–H and O–H groups in total. The van der Waals surface area contributed by atoms with Crippen LogP contribution in [0.4, 0.5) is 0 Å². The molecule has 2 saturated heterocycles. The van der Waals surface area contributed by atoms with Crippen molar-refractivity contribution in [2.75, 3.05) is 26.7 Å². The Morgan fingerprint density at radius 3 is 2.02 bits per heavy atom. The molecule has 2 aliphatic rings. The molecule has 0 radical (unpaired) electrons. The fourth-order valence-electron chi connectivity index (χ4n) is 5.30. The number of carbonyl (C=O) groups is 2. The normalized spacial score (nSPS) is 22.8. The lowest BCUT2D eigenvalue weighted by atomic mass is 9.95. The van der Waals surface area contributed by atoms with Crippen LogP contribution in [-0.4, -0.2) is 49.6 Å². The van der Waals surface area contributed by atoms with E-state index in [2.05, 4.69) is 47.8 Å². The van der Waals surface area contributed by atoms with E-state index in [4.69, 9.17) is 9.47 Å². The third-order valence-corrected chi connectivity index (χ3v) is 8.19. The van der Waals surface area contributed by atoms with Gasteiger partial charge < -0.3 is 19.7 Å². The van der Waals surface area contributed by atoms with E-state index in [1.165, 1.54) is 0 Å². The third kappa shape index (κ3) is 5.76. The summed E-state index contributed by atoms with van der Waals surface area (Å²) in [6, 6.07) is 21.1. The summed E-state index contributed by atoms with van der Waals surface area (Å²) >= 11 is 7.08. The van der Waals surface area contributed by atoms with Crippen molar-refractivity contribution in [1.82, 2.24) is 20.9 Å². The van der Waals surface area contributed by atoms with E-state index in [9.17, 15) is 9.59 Å². The second kappa shape index (κ2) is 11.9. The number of hydrogen-bond donors (Lipinski definition) is 3. The molecule has 0 spiro atoms. The zero-order valence-corrected chi connectivity index (χ0v) is 25.7. The van der Waals surface area contributed by atoms with Crippen LogP contribution in [-0.2, 0) is 15.3 Å². The summed E-state index contributed by atoms with van der Waals surface area (Å²) in [5, 5.41) is 10.2. The summed E-state index contributed by atoms with van der Waals surface area (Å²) in [4.78, 5) is 28.6. The van der Waals surface area contributed by atoms with E-state index < -0.39 is 5.66 Å². The van der Waals surface area contributed by atoms with Crippen molar-refractivity contribution in [2.24, 2.45) is 0 Å². The Hall–Kier alpha value is -2.92. The molecule has 10 heteroatoms. The van der Waals surface area contributed by atoms with Crippen molar-refractivity contribution < 1.29 is 19.1 Å². The molecule has 2 unspecified atom stereocenters. The summed E-state index contributed by atoms with van der Waals surface area (Å²) in [5.41, 5.74) is 1.24. The molecule has 2 aliphatic heterocycles. The minimum absolute atomic E-state index is 0.0215. The highest BCUT2D eigenvalue weighted by molar-refractivity contribution is 9.10. The molecule has 8 nitrogen and oxygen atoms in total. The number of nitrogens with one attached hydrogen (secondary N) is 3. The highest BCUT2D eigenvalue weighted by atomic mass is 79.9. The van der Waals surface area contributed by atoms with Crippen molar-refractivity contribution in [3.8, 4) is 11.5 Å². The van der Waals surface area contributed by atoms with Gasteiger partial charge in [-0.2, -0.15) is 0 Å². The molecular weight excluding hydrogens is 640 g/mol. The molecule has 40 heavy (non-hydrogen) atoms. The molecule has 0 aromatic heterocycles. The predicted molar refractivity (Wildman–Crippen MR) is 160 cm³/mol. The van der Waals surface area contributed by atoms with Crippen LogP contribution in [0.15, 0.2) is 75.7 Å². The lowest BCUT2D eigenvalue weighted by Crippen LogP contribution is -2.62. The summed E-state index contributed by atoms with van der Waals surface area (Å²) in [5.74, 6) is 0.708. The lowest BCUT2D eigenvalue weighted by molar-refractivity contribution is -0.144. The van der Waals surface area contributed by atoms with Gasteiger partial charge in [0.25, 0.3) is 5.91 Å². The van der Waals surface area contributed by atoms with E-state index >= 15 is 0 Å². The number of amides is 2. The molecule has 3 aromatic rings. The van der Waals surface area contributed by atoms with Crippen molar-refractivity contribution in [3.05, 3.63) is 92.4 Å². The van der Waals surface area contributed by atoms with Crippen LogP contribution in [0.3, 0.4) is 0 Å². The highest BCUT2D eigenvalue weighted by Crippen LogP contribution is 2.45. The monoisotopic (exact) mass is 670 g/mol. The molecule has 0 saturated carbocycles. The molecule has 210 valence electrons. The summed E-state index contributed by atoms with van der Waals surface area (Å²) in [6.45, 7) is 4.66. The van der Waals surface area contributed by atoms with Gasteiger partial charge in [-0.1, -0.05) is 56.1 Å². The zero-order valence-electron chi connectivity index (χ0n) is 22.5. The van der Waals surface area contributed by atoms with Gasteiger partial charge in [-0.25, -0.2) is 0 Å². The van der Waals surface area contributed by atoms with Crippen LogP contribution < -0.4 is 25.4 Å². The van der Waals surface area contributed by atoms with E-state index in [-0.39, 0.29) is 36.5 Å². The topological polar surface area (TPSA) is 91.9 Å². The number of nitrogens with zero attached hydrogens (tertiary/aromatic N) is 1. The summed E-state index contributed by atoms with van der Waals surface area (Å²) < 4.78 is 13.7. The summed E-state index contributed by atoms with van der Waals surface area (Å²) in [6.07, 6.45) is -0.148. The Bertz CT molecular complexity index is 1330. The molecule has 3 aromatic carbocycles. The minimum Gasteiger partial charge on any atom is -0.497 e. The average molecular weight is 672 g/mol. The van der Waals surface area contributed by atoms with Crippen molar-refractivity contribution in [3.63, 3.8) is 0 Å². The van der Waals surface area contributed by atoms with Crippen LogP contribution in [0.1, 0.15) is 42.6 Å². The third-order valence-electron chi connectivity index (χ3n) is 7.14. The second-order valence-electron chi connectivity index (χ2n) is 10.2. The molecular formula is C30H32Br2N4O4. The van der Waals surface area contributed by atoms with Gasteiger partial charge in [0.1, 0.15) is 11.5 Å². The average Bonchev–Trinajstić information content (AvgIpc) is 3.34. The zero-order chi connectivity index (χ0) is 28.4. The van der Waals surface area contributed by atoms with Gasteiger partial charge in [0.2, 0.25) is 5.91 Å². The molecule has 0 bridgehead atoms. The number of carbonyl (C=O) groups excluding carboxylic acids is 2. The second-order valence-corrected chi connectivity index (χ2v) is 12.0. The summed E-state index contributed by atoms with van der Waals surface area (Å²) in [7, 11) is 1.60. The van der Waals surface area contributed by atoms with Gasteiger partial charge in [-0.3, -0.25) is 20.2 Å². The van der Waals surface area contributed by atoms with E-state index in [0.717, 1.165) is 20.1 Å². The number of ether oxygens (including phenoxy) is 2. The van der Waals surface area contributed by atoms with Gasteiger partial charge in [-0.05, 0) is 61.4 Å². The van der Waals surface area contributed by atoms with Crippen LogP contribution in [0.5, 0.6) is 11.5 Å². The Morgan fingerprint density at radius 1 is 0.950 bits per heavy atom. The number of piperazine rings is 1. The maximum absolute atomic E-state index is 14.6. The maximum Gasteiger partial charge on any atom is 0.263 e. The Morgan fingerprint density at radius 2 is 1.52 bits per heavy atom. The van der Waals surface area contributed by atoms with Gasteiger partial charge in [-0.15, -0.1) is 0 Å². The number of methoxy groups -OCH3 is 1. The smallest absolute Gasteiger partial charge is 0.263 e. The molecule has 0 aliphatic carbocycles. The fourth-order valence-corrected chi connectivity index (χ4v) is 5.83. The Kier molecular flexibility index (Phi) is 8.51. The van der Waals surface area contributed by atoms with Crippen molar-refractivity contribution in [2.45, 2.75) is 37.7 Å². The van der Waals surface area contributed by atoms with Crippen LogP contribution >= 0.6 is 31.9 Å². The molecule has 2 atom stereocenters. The van der Waals surface area contributed by atoms with E-state index in [1.54, 1.807) is 18.1 Å². The highest BCUT2D eigenvalue weighted by Gasteiger charge is 2.54. The first-order valence-electron chi connectivity index (χ1n) is 13.2.